The lowest BCUT2D eigenvalue weighted by Crippen LogP contribution is -2.35. The first-order valence-corrected chi connectivity index (χ1v) is 9.23. The molecule has 0 fully saturated rings. The summed E-state index contributed by atoms with van der Waals surface area (Å²) in [6.07, 6.45) is 1.36. The molecule has 25 heavy (non-hydrogen) atoms. The molecule has 0 saturated carbocycles. The summed E-state index contributed by atoms with van der Waals surface area (Å²) in [4.78, 5) is 10.7. The van der Waals surface area contributed by atoms with Crippen molar-refractivity contribution in [3.63, 3.8) is 0 Å². The van der Waals surface area contributed by atoms with E-state index in [0.29, 0.717) is 36.4 Å². The molecule has 7 nitrogen and oxygen atoms in total. The van der Waals surface area contributed by atoms with Crippen LogP contribution in [0.5, 0.6) is 5.75 Å². The Morgan fingerprint density at radius 3 is 2.60 bits per heavy atom. The second-order valence-electron chi connectivity index (χ2n) is 5.88. The monoisotopic (exact) mass is 362 g/mol. The predicted octanol–water partition coefficient (Wildman–Crippen LogP) is 3.05. The Labute approximate surface area is 146 Å². The summed E-state index contributed by atoms with van der Waals surface area (Å²) < 4.78 is 32.7. The number of rotatable bonds is 4. The van der Waals surface area contributed by atoms with Crippen LogP contribution in [0.3, 0.4) is 0 Å². The van der Waals surface area contributed by atoms with E-state index in [1.54, 1.807) is 25.1 Å². The molecule has 0 unspecified atom stereocenters. The molecule has 0 N–H and O–H groups in total. The van der Waals surface area contributed by atoms with Crippen LogP contribution in [-0.2, 0) is 16.4 Å². The van der Waals surface area contributed by atoms with Crippen LogP contribution in [0.4, 0.5) is 11.4 Å². The smallest absolute Gasteiger partial charge is 0.271 e. The number of aryl methyl sites for hydroxylation is 2. The van der Waals surface area contributed by atoms with Crippen molar-refractivity contribution in [3.05, 3.63) is 57.6 Å². The molecule has 0 spiro atoms. The number of non-ortho nitro benzene ring substituents is 1. The summed E-state index contributed by atoms with van der Waals surface area (Å²) in [5.41, 5.74) is 1.63. The van der Waals surface area contributed by atoms with Gasteiger partial charge < -0.3 is 4.74 Å². The summed E-state index contributed by atoms with van der Waals surface area (Å²) in [5, 5.41) is 11.1. The molecule has 132 valence electrons. The van der Waals surface area contributed by atoms with E-state index >= 15 is 0 Å². The number of ether oxygens (including phenoxy) is 1. The molecule has 2 aromatic rings. The van der Waals surface area contributed by atoms with Crippen LogP contribution in [0.2, 0.25) is 0 Å². The highest BCUT2D eigenvalue weighted by Gasteiger charge is 2.31. The van der Waals surface area contributed by atoms with Gasteiger partial charge in [-0.2, -0.15) is 0 Å². The van der Waals surface area contributed by atoms with E-state index in [0.717, 1.165) is 5.56 Å². The molecule has 0 aromatic heterocycles. The molecule has 2 aromatic carbocycles. The first-order valence-electron chi connectivity index (χ1n) is 7.79. The molecule has 0 bridgehead atoms. The van der Waals surface area contributed by atoms with Crippen LogP contribution >= 0.6 is 0 Å². The molecule has 3 rings (SSSR count). The maximum atomic E-state index is 13.2. The first-order chi connectivity index (χ1) is 11.8. The van der Waals surface area contributed by atoms with E-state index in [9.17, 15) is 18.5 Å². The first kappa shape index (κ1) is 17.2. The van der Waals surface area contributed by atoms with Crippen molar-refractivity contribution in [3.8, 4) is 5.75 Å². The number of benzene rings is 2. The molecule has 0 saturated heterocycles. The fraction of sp³-hybridized carbons (Fsp3) is 0.294. The number of anilines is 1. The number of nitrogens with zero attached hydrogens (tertiary/aromatic N) is 2. The minimum atomic E-state index is -3.82. The number of nitro groups is 1. The Bertz CT molecular complexity index is 940. The van der Waals surface area contributed by atoms with Crippen LogP contribution < -0.4 is 9.04 Å². The van der Waals surface area contributed by atoms with Gasteiger partial charge in [0.15, 0.2) is 0 Å². The lowest BCUT2D eigenvalue weighted by atomic mass is 10.0. The highest BCUT2D eigenvalue weighted by Crippen LogP contribution is 2.35. The molecular weight excluding hydrogens is 344 g/mol. The third-order valence-electron chi connectivity index (χ3n) is 4.31. The van der Waals surface area contributed by atoms with Gasteiger partial charge in [-0.3, -0.25) is 14.4 Å². The molecule has 0 amide bonds. The van der Waals surface area contributed by atoms with Gasteiger partial charge in [0.05, 0.1) is 22.6 Å². The zero-order valence-corrected chi connectivity index (χ0v) is 14.7. The van der Waals surface area contributed by atoms with E-state index in [-0.39, 0.29) is 10.6 Å². The minimum Gasteiger partial charge on any atom is -0.497 e. The zero-order valence-electron chi connectivity index (χ0n) is 13.9. The molecule has 0 radical (unpaired) electrons. The molecule has 8 heteroatoms. The van der Waals surface area contributed by atoms with E-state index in [4.69, 9.17) is 4.74 Å². The number of hydrogen-bond donors (Lipinski definition) is 0. The summed E-state index contributed by atoms with van der Waals surface area (Å²) >= 11 is 0. The molecule has 1 aliphatic rings. The quantitative estimate of drug-likeness (QED) is 0.616. The second-order valence-corrected chi connectivity index (χ2v) is 7.71. The van der Waals surface area contributed by atoms with Gasteiger partial charge in [0.2, 0.25) is 0 Å². The number of methoxy groups -OCH3 is 1. The van der Waals surface area contributed by atoms with E-state index < -0.39 is 14.9 Å². The fourth-order valence-corrected chi connectivity index (χ4v) is 4.79. The predicted molar refractivity (Wildman–Crippen MR) is 93.7 cm³/mol. The van der Waals surface area contributed by atoms with Crippen molar-refractivity contribution in [1.82, 2.24) is 0 Å². The van der Waals surface area contributed by atoms with Gasteiger partial charge in [-0.05, 0) is 49.1 Å². The maximum Gasteiger partial charge on any atom is 0.271 e. The highest BCUT2D eigenvalue weighted by molar-refractivity contribution is 7.92. The Morgan fingerprint density at radius 1 is 1.20 bits per heavy atom. The van der Waals surface area contributed by atoms with Gasteiger partial charge in [0.25, 0.3) is 15.7 Å². The zero-order chi connectivity index (χ0) is 18.2. The van der Waals surface area contributed by atoms with Crippen LogP contribution in [0.15, 0.2) is 41.3 Å². The van der Waals surface area contributed by atoms with Crippen molar-refractivity contribution >= 4 is 21.4 Å². The standard InChI is InChI=1S/C17H18N2O5S/c1-12-10-15(24-2)7-8-17(12)25(22,23)18-9-3-4-13-5-6-14(19(20)21)11-16(13)18/h5-8,10-11H,3-4,9H2,1-2H3. The molecule has 1 aliphatic heterocycles. The summed E-state index contributed by atoms with van der Waals surface area (Å²) in [6, 6.07) is 9.15. The maximum absolute atomic E-state index is 13.2. The van der Waals surface area contributed by atoms with Crippen molar-refractivity contribution in [2.45, 2.75) is 24.7 Å². The van der Waals surface area contributed by atoms with Gasteiger partial charge in [0, 0.05) is 18.7 Å². The van der Waals surface area contributed by atoms with Crippen LogP contribution in [0, 0.1) is 17.0 Å². The van der Waals surface area contributed by atoms with Crippen molar-refractivity contribution in [1.29, 1.82) is 0 Å². The largest absolute Gasteiger partial charge is 0.497 e. The number of fused-ring (bicyclic) bond motifs is 1. The third kappa shape index (κ3) is 3.05. The topological polar surface area (TPSA) is 89.8 Å². The molecule has 0 aliphatic carbocycles. The van der Waals surface area contributed by atoms with E-state index in [1.165, 1.54) is 29.6 Å². The Hall–Kier alpha value is -2.61. The van der Waals surface area contributed by atoms with Gasteiger partial charge in [-0.1, -0.05) is 6.07 Å². The lowest BCUT2D eigenvalue weighted by Gasteiger charge is -2.30. The third-order valence-corrected chi connectivity index (χ3v) is 6.28. The number of sulfonamides is 1. The lowest BCUT2D eigenvalue weighted by molar-refractivity contribution is -0.384. The highest BCUT2D eigenvalue weighted by atomic mass is 32.2. The van der Waals surface area contributed by atoms with Crippen LogP contribution in [0.25, 0.3) is 0 Å². The minimum absolute atomic E-state index is 0.118. The number of hydrogen-bond acceptors (Lipinski definition) is 5. The normalized spacial score (nSPS) is 14.1. The summed E-state index contributed by atoms with van der Waals surface area (Å²) in [7, 11) is -2.30. The molecular formula is C17H18N2O5S. The van der Waals surface area contributed by atoms with Gasteiger partial charge in [-0.25, -0.2) is 8.42 Å². The van der Waals surface area contributed by atoms with E-state index in [1.807, 2.05) is 0 Å². The van der Waals surface area contributed by atoms with Crippen molar-refractivity contribution in [2.24, 2.45) is 0 Å². The Balaban J connectivity index is 2.11. The summed E-state index contributed by atoms with van der Waals surface area (Å²) in [5.74, 6) is 0.575. The Morgan fingerprint density at radius 2 is 1.96 bits per heavy atom. The average molecular weight is 362 g/mol. The Kier molecular flexibility index (Phi) is 4.38. The van der Waals surface area contributed by atoms with Crippen molar-refractivity contribution in [2.75, 3.05) is 18.0 Å². The molecule has 1 heterocycles. The van der Waals surface area contributed by atoms with Crippen molar-refractivity contribution < 1.29 is 18.1 Å². The van der Waals surface area contributed by atoms with Gasteiger partial charge in [0.1, 0.15) is 5.75 Å². The van der Waals surface area contributed by atoms with Crippen LogP contribution in [0.1, 0.15) is 17.5 Å². The van der Waals surface area contributed by atoms with Gasteiger partial charge >= 0.3 is 0 Å². The SMILES string of the molecule is COc1ccc(S(=O)(=O)N2CCCc3ccc([N+](=O)[O-])cc32)c(C)c1. The van der Waals surface area contributed by atoms with Gasteiger partial charge in [-0.15, -0.1) is 0 Å². The molecule has 0 atom stereocenters. The summed E-state index contributed by atoms with van der Waals surface area (Å²) in [6.45, 7) is 2.00. The van der Waals surface area contributed by atoms with Crippen LogP contribution in [-0.4, -0.2) is 27.0 Å². The second kappa shape index (κ2) is 6.36. The van der Waals surface area contributed by atoms with E-state index in [2.05, 4.69) is 0 Å². The fourth-order valence-electron chi connectivity index (χ4n) is 3.05. The number of nitro benzene ring substituents is 1. The average Bonchev–Trinajstić information content (AvgIpc) is 2.60.